The van der Waals surface area contributed by atoms with Crippen LogP contribution in [0.5, 0.6) is 0 Å². The molecule has 0 aromatic heterocycles. The average Bonchev–Trinajstić information content (AvgIpc) is 2.45. The summed E-state index contributed by atoms with van der Waals surface area (Å²) in [4.78, 5) is 2.52. The van der Waals surface area contributed by atoms with Gasteiger partial charge in [-0.1, -0.05) is 0 Å². The zero-order valence-corrected chi connectivity index (χ0v) is 11.4. The lowest BCUT2D eigenvalue weighted by molar-refractivity contribution is -0.180. The summed E-state index contributed by atoms with van der Waals surface area (Å²) in [6.45, 7) is 7.83. The predicted octanol–water partition coefficient (Wildman–Crippen LogP) is 3.21. The summed E-state index contributed by atoms with van der Waals surface area (Å²) < 4.78 is 6.34. The molecule has 0 N–H and O–H groups in total. The summed E-state index contributed by atoms with van der Waals surface area (Å²) >= 11 is 0. The first kappa shape index (κ1) is 12.4. The van der Waals surface area contributed by atoms with E-state index < -0.39 is 0 Å². The van der Waals surface area contributed by atoms with E-state index in [2.05, 4.69) is 32.7 Å². The van der Waals surface area contributed by atoms with E-state index in [4.69, 9.17) is 4.74 Å². The lowest BCUT2D eigenvalue weighted by Gasteiger charge is -2.48. The lowest BCUT2D eigenvalue weighted by atomic mass is 9.74. The molecule has 2 fully saturated rings. The highest BCUT2D eigenvalue weighted by Crippen LogP contribution is 2.44. The van der Waals surface area contributed by atoms with Gasteiger partial charge in [-0.2, -0.15) is 0 Å². The molecule has 2 rings (SSSR count). The largest absolute Gasteiger partial charge is 0.369 e. The van der Waals surface area contributed by atoms with Crippen molar-refractivity contribution in [3.63, 3.8) is 0 Å². The van der Waals surface area contributed by atoms with Gasteiger partial charge in [0.15, 0.2) is 0 Å². The first-order chi connectivity index (χ1) is 7.40. The summed E-state index contributed by atoms with van der Waals surface area (Å²) in [7, 11) is 2.27. The fraction of sp³-hybridized carbons (Fsp3) is 1.00. The predicted molar refractivity (Wildman–Crippen MR) is 67.7 cm³/mol. The second kappa shape index (κ2) is 4.30. The molecular weight excluding hydrogens is 198 g/mol. The van der Waals surface area contributed by atoms with E-state index in [1.54, 1.807) is 0 Å². The highest BCUT2D eigenvalue weighted by Gasteiger charge is 2.43. The SMILES string of the molecule is CN1CCCC1CC1(OC(C)(C)C)CCC1. The van der Waals surface area contributed by atoms with Crippen molar-refractivity contribution in [3.8, 4) is 0 Å². The maximum atomic E-state index is 6.34. The van der Waals surface area contributed by atoms with Crippen LogP contribution in [0, 0.1) is 0 Å². The first-order valence-corrected chi connectivity index (χ1v) is 6.81. The van der Waals surface area contributed by atoms with Gasteiger partial charge in [-0.05, 0) is 72.9 Å². The van der Waals surface area contributed by atoms with E-state index in [1.807, 2.05) is 0 Å². The number of ether oxygens (including phenoxy) is 1. The molecular formula is C14H27NO. The van der Waals surface area contributed by atoms with Crippen LogP contribution in [0.25, 0.3) is 0 Å². The average molecular weight is 225 g/mol. The van der Waals surface area contributed by atoms with Gasteiger partial charge < -0.3 is 9.64 Å². The molecule has 0 spiro atoms. The van der Waals surface area contributed by atoms with Crippen LogP contribution in [-0.4, -0.2) is 35.7 Å². The van der Waals surface area contributed by atoms with Gasteiger partial charge >= 0.3 is 0 Å². The Bertz CT molecular complexity index is 240. The molecule has 0 aromatic carbocycles. The van der Waals surface area contributed by atoms with E-state index in [1.165, 1.54) is 45.1 Å². The Morgan fingerprint density at radius 3 is 2.31 bits per heavy atom. The molecule has 94 valence electrons. The minimum absolute atomic E-state index is 0.0115. The third-order valence-electron chi connectivity index (χ3n) is 4.07. The molecule has 1 heterocycles. The summed E-state index contributed by atoms with van der Waals surface area (Å²) in [5.74, 6) is 0. The van der Waals surface area contributed by atoms with Gasteiger partial charge in [0.1, 0.15) is 0 Å². The summed E-state index contributed by atoms with van der Waals surface area (Å²) in [6, 6.07) is 0.766. The van der Waals surface area contributed by atoms with Crippen LogP contribution in [0.15, 0.2) is 0 Å². The van der Waals surface area contributed by atoms with Crippen LogP contribution in [0.1, 0.15) is 59.3 Å². The standard InChI is InChI=1S/C14H27NO/c1-13(2,3)16-14(8-6-9-14)11-12-7-5-10-15(12)4/h12H,5-11H2,1-4H3. The molecule has 0 amide bonds. The van der Waals surface area contributed by atoms with Gasteiger partial charge in [0.05, 0.1) is 11.2 Å². The number of hydrogen-bond acceptors (Lipinski definition) is 2. The molecule has 0 radical (unpaired) electrons. The van der Waals surface area contributed by atoms with Gasteiger partial charge in [-0.25, -0.2) is 0 Å². The van der Waals surface area contributed by atoms with Crippen LogP contribution in [0.2, 0.25) is 0 Å². The Kier molecular flexibility index (Phi) is 3.33. The number of hydrogen-bond donors (Lipinski definition) is 0. The topological polar surface area (TPSA) is 12.5 Å². The molecule has 1 aliphatic heterocycles. The minimum atomic E-state index is 0.0115. The van der Waals surface area contributed by atoms with Crippen LogP contribution < -0.4 is 0 Å². The lowest BCUT2D eigenvalue weighted by Crippen LogP contribution is -2.49. The van der Waals surface area contributed by atoms with Crippen LogP contribution in [0.3, 0.4) is 0 Å². The highest BCUT2D eigenvalue weighted by molar-refractivity contribution is 4.96. The monoisotopic (exact) mass is 225 g/mol. The molecule has 1 atom stereocenters. The maximum Gasteiger partial charge on any atom is 0.0704 e. The molecule has 1 unspecified atom stereocenters. The fourth-order valence-electron chi connectivity index (χ4n) is 3.24. The smallest absolute Gasteiger partial charge is 0.0704 e. The number of nitrogens with zero attached hydrogens (tertiary/aromatic N) is 1. The molecule has 1 saturated carbocycles. The molecule has 2 heteroatoms. The Hall–Kier alpha value is -0.0800. The molecule has 0 aromatic rings. The van der Waals surface area contributed by atoms with E-state index in [0.29, 0.717) is 0 Å². The van der Waals surface area contributed by atoms with Gasteiger partial charge in [0.25, 0.3) is 0 Å². The zero-order valence-electron chi connectivity index (χ0n) is 11.4. The number of likely N-dealkylation sites (tertiary alicyclic amines) is 1. The molecule has 1 aliphatic carbocycles. The molecule has 0 bridgehead atoms. The van der Waals surface area contributed by atoms with Gasteiger partial charge in [-0.3, -0.25) is 0 Å². The van der Waals surface area contributed by atoms with Gasteiger partial charge in [-0.15, -0.1) is 0 Å². The normalized spacial score (nSPS) is 30.4. The summed E-state index contributed by atoms with van der Waals surface area (Å²) in [6.07, 6.45) is 7.88. The van der Waals surface area contributed by atoms with Crippen molar-refractivity contribution in [2.75, 3.05) is 13.6 Å². The van der Waals surface area contributed by atoms with Crippen molar-refractivity contribution >= 4 is 0 Å². The number of rotatable bonds is 3. The summed E-state index contributed by atoms with van der Waals surface area (Å²) in [5, 5.41) is 0. The zero-order chi connectivity index (χ0) is 11.8. The highest BCUT2D eigenvalue weighted by atomic mass is 16.5. The van der Waals surface area contributed by atoms with E-state index in [9.17, 15) is 0 Å². The van der Waals surface area contributed by atoms with Crippen LogP contribution in [0.4, 0.5) is 0 Å². The second-order valence-corrected chi connectivity index (χ2v) is 6.73. The summed E-state index contributed by atoms with van der Waals surface area (Å²) in [5.41, 5.74) is 0.221. The second-order valence-electron chi connectivity index (χ2n) is 6.73. The van der Waals surface area contributed by atoms with Crippen molar-refractivity contribution in [2.45, 2.75) is 76.5 Å². The Balaban J connectivity index is 1.94. The third kappa shape index (κ3) is 2.78. The van der Waals surface area contributed by atoms with E-state index >= 15 is 0 Å². The molecule has 1 saturated heterocycles. The molecule has 2 aliphatic rings. The minimum Gasteiger partial charge on any atom is -0.369 e. The Morgan fingerprint density at radius 2 is 1.94 bits per heavy atom. The Morgan fingerprint density at radius 1 is 1.25 bits per heavy atom. The van der Waals surface area contributed by atoms with Crippen molar-refractivity contribution in [2.24, 2.45) is 0 Å². The van der Waals surface area contributed by atoms with Gasteiger partial charge in [0.2, 0.25) is 0 Å². The van der Waals surface area contributed by atoms with Gasteiger partial charge in [0, 0.05) is 6.04 Å². The first-order valence-electron chi connectivity index (χ1n) is 6.81. The van der Waals surface area contributed by atoms with Crippen molar-refractivity contribution in [1.82, 2.24) is 4.90 Å². The van der Waals surface area contributed by atoms with Crippen molar-refractivity contribution in [3.05, 3.63) is 0 Å². The van der Waals surface area contributed by atoms with E-state index in [0.717, 1.165) is 6.04 Å². The van der Waals surface area contributed by atoms with Crippen molar-refractivity contribution < 1.29 is 4.74 Å². The molecule has 2 nitrogen and oxygen atoms in total. The third-order valence-corrected chi connectivity index (χ3v) is 4.07. The fourth-order valence-corrected chi connectivity index (χ4v) is 3.24. The van der Waals surface area contributed by atoms with Crippen molar-refractivity contribution in [1.29, 1.82) is 0 Å². The molecule has 16 heavy (non-hydrogen) atoms. The maximum absolute atomic E-state index is 6.34. The van der Waals surface area contributed by atoms with E-state index in [-0.39, 0.29) is 11.2 Å². The van der Waals surface area contributed by atoms with Crippen LogP contribution >= 0.6 is 0 Å². The quantitative estimate of drug-likeness (QED) is 0.731. The Labute approximate surface area is 100 Å². The van der Waals surface area contributed by atoms with Crippen LogP contribution in [-0.2, 0) is 4.74 Å².